The van der Waals surface area contributed by atoms with E-state index in [-0.39, 0.29) is 35.6 Å². The number of rotatable bonds is 0. The van der Waals surface area contributed by atoms with E-state index in [0.29, 0.717) is 0 Å². The third kappa shape index (κ3) is 64.0. The van der Waals surface area contributed by atoms with Gasteiger partial charge in [0, 0.05) is 35.6 Å². The first-order chi connectivity index (χ1) is 2.41. The molecule has 0 aliphatic carbocycles. The van der Waals surface area contributed by atoms with E-state index in [4.69, 9.17) is 0 Å². The molecule has 0 rings (SSSR count). The Morgan fingerprint density at radius 1 is 1.33 bits per heavy atom. The molecule has 0 N–H and O–H groups in total. The third-order valence-corrected chi connectivity index (χ3v) is 0. The molecule has 1 heteroatoms. The van der Waals surface area contributed by atoms with Crippen LogP contribution in [0.15, 0.2) is 0 Å². The average Bonchev–Trinajstić information content (AvgIpc) is 1.46. The van der Waals surface area contributed by atoms with Gasteiger partial charge in [-0.1, -0.05) is 6.92 Å². The molecule has 0 aliphatic heterocycles. The number of hydrogen-bond acceptors (Lipinski definition) is 0. The van der Waals surface area contributed by atoms with E-state index in [0.717, 1.165) is 6.42 Å². The van der Waals surface area contributed by atoms with Crippen LogP contribution in [-0.4, -0.2) is 0 Å². The first-order valence-corrected chi connectivity index (χ1v) is 1.91. The minimum absolute atomic E-state index is 0. The fourth-order valence-corrected chi connectivity index (χ4v) is 0. The van der Waals surface area contributed by atoms with Gasteiger partial charge in [-0.25, -0.2) is 0 Å². The standard InChI is InChI=1S/C3H7.C2H5.La/c1-3-2;1-2;/h1,3H2,2H3;1H2,2H3;/q2*-1;. The predicted molar refractivity (Wildman–Crippen MR) is 26.7 cm³/mol. The maximum atomic E-state index is 3.49. The zero-order valence-electron chi connectivity index (χ0n) is 4.70. The molecule has 0 atom stereocenters. The molecule has 0 heterocycles. The van der Waals surface area contributed by atoms with Crippen LogP contribution in [0.25, 0.3) is 0 Å². The van der Waals surface area contributed by atoms with Crippen molar-refractivity contribution in [3.05, 3.63) is 13.8 Å². The van der Waals surface area contributed by atoms with Crippen molar-refractivity contribution in [3.63, 3.8) is 0 Å². The summed E-state index contributed by atoms with van der Waals surface area (Å²) in [6.07, 6.45) is 1.00. The van der Waals surface area contributed by atoms with Crippen molar-refractivity contribution in [3.8, 4) is 0 Å². The van der Waals surface area contributed by atoms with Crippen molar-refractivity contribution >= 4 is 0 Å². The molecule has 0 nitrogen and oxygen atoms in total. The zero-order valence-corrected chi connectivity index (χ0v) is 8.32. The van der Waals surface area contributed by atoms with Crippen molar-refractivity contribution < 1.29 is 35.6 Å². The van der Waals surface area contributed by atoms with E-state index in [1.807, 2.05) is 6.92 Å². The summed E-state index contributed by atoms with van der Waals surface area (Å²) in [5.41, 5.74) is 0. The molecule has 0 fully saturated rings. The molecular formula is C5H12La-2. The Labute approximate surface area is 69.3 Å². The Morgan fingerprint density at radius 3 is 1.33 bits per heavy atom. The van der Waals surface area contributed by atoms with E-state index in [1.165, 1.54) is 0 Å². The molecular weight excluding hydrogens is 199 g/mol. The minimum Gasteiger partial charge on any atom is -0.346 e. The van der Waals surface area contributed by atoms with Gasteiger partial charge < -0.3 is 13.8 Å². The molecule has 0 aliphatic rings. The van der Waals surface area contributed by atoms with E-state index >= 15 is 0 Å². The fraction of sp³-hybridized carbons (Fsp3) is 0.600. The minimum atomic E-state index is 0. The molecule has 0 aromatic heterocycles. The topological polar surface area (TPSA) is 0 Å². The van der Waals surface area contributed by atoms with Gasteiger partial charge in [-0.3, -0.25) is 0 Å². The van der Waals surface area contributed by atoms with E-state index < -0.39 is 0 Å². The van der Waals surface area contributed by atoms with Gasteiger partial charge in [0.15, 0.2) is 0 Å². The van der Waals surface area contributed by atoms with Crippen LogP contribution in [0.3, 0.4) is 0 Å². The van der Waals surface area contributed by atoms with Gasteiger partial charge in [0.2, 0.25) is 0 Å². The van der Waals surface area contributed by atoms with Gasteiger partial charge >= 0.3 is 0 Å². The molecule has 0 aromatic rings. The molecule has 0 saturated heterocycles. The van der Waals surface area contributed by atoms with E-state index in [1.54, 1.807) is 6.92 Å². The second-order valence-electron chi connectivity index (χ2n) is 0.500. The summed E-state index contributed by atoms with van der Waals surface area (Å²) < 4.78 is 0. The van der Waals surface area contributed by atoms with Crippen molar-refractivity contribution in [2.24, 2.45) is 0 Å². The molecule has 0 aromatic carbocycles. The van der Waals surface area contributed by atoms with Gasteiger partial charge in [-0.15, -0.1) is 0 Å². The predicted octanol–water partition coefficient (Wildman–Crippen LogP) is 2.07. The largest absolute Gasteiger partial charge is 0.346 e. The van der Waals surface area contributed by atoms with Crippen LogP contribution < -0.4 is 0 Å². The molecule has 0 bridgehead atoms. The van der Waals surface area contributed by atoms with Crippen molar-refractivity contribution in [1.82, 2.24) is 0 Å². The summed E-state index contributed by atoms with van der Waals surface area (Å²) in [5.74, 6) is 0. The van der Waals surface area contributed by atoms with Crippen LogP contribution in [0.1, 0.15) is 20.3 Å². The second kappa shape index (κ2) is 34.7. The summed E-state index contributed by atoms with van der Waals surface area (Å²) >= 11 is 0. The summed E-state index contributed by atoms with van der Waals surface area (Å²) in [6.45, 7) is 10.5. The van der Waals surface area contributed by atoms with Crippen molar-refractivity contribution in [2.45, 2.75) is 20.3 Å². The summed E-state index contributed by atoms with van der Waals surface area (Å²) in [6, 6.07) is 0. The Morgan fingerprint density at radius 2 is 1.33 bits per heavy atom. The normalized spacial score (nSPS) is 4.00. The zero-order chi connectivity index (χ0) is 4.71. The van der Waals surface area contributed by atoms with Gasteiger partial charge in [0.25, 0.3) is 0 Å². The van der Waals surface area contributed by atoms with E-state index in [2.05, 4.69) is 13.8 Å². The van der Waals surface area contributed by atoms with Gasteiger partial charge in [0.1, 0.15) is 0 Å². The molecule has 0 spiro atoms. The van der Waals surface area contributed by atoms with Crippen molar-refractivity contribution in [2.75, 3.05) is 0 Å². The maximum absolute atomic E-state index is 3.49. The third-order valence-electron chi connectivity index (χ3n) is 0. The van der Waals surface area contributed by atoms with Gasteiger partial charge in [0.05, 0.1) is 0 Å². The Hall–Kier alpha value is 1.19. The molecule has 37 valence electrons. The number of hydrogen-bond donors (Lipinski definition) is 0. The van der Waals surface area contributed by atoms with Crippen LogP contribution in [0.2, 0.25) is 0 Å². The monoisotopic (exact) mass is 211 g/mol. The Balaban J connectivity index is -0.0000000275. The smallest absolute Gasteiger partial charge is 0 e. The first kappa shape index (κ1) is 15.7. The summed E-state index contributed by atoms with van der Waals surface area (Å²) in [7, 11) is 0. The molecule has 0 amide bonds. The molecule has 1 radical (unpaired) electrons. The summed E-state index contributed by atoms with van der Waals surface area (Å²) in [4.78, 5) is 0. The van der Waals surface area contributed by atoms with Gasteiger partial charge in [-0.05, 0) is 0 Å². The summed E-state index contributed by atoms with van der Waals surface area (Å²) in [5, 5.41) is 0. The fourth-order valence-electron chi connectivity index (χ4n) is 0. The van der Waals surface area contributed by atoms with E-state index in [9.17, 15) is 0 Å². The van der Waals surface area contributed by atoms with Gasteiger partial charge in [-0.2, -0.15) is 13.3 Å². The molecule has 0 unspecified atom stereocenters. The van der Waals surface area contributed by atoms with Crippen molar-refractivity contribution in [1.29, 1.82) is 0 Å². The SMILES string of the molecule is [CH2-]C.[CH2-]CC.[La]. The first-order valence-electron chi connectivity index (χ1n) is 1.91. The Kier molecular flexibility index (Phi) is 90.8. The molecule has 0 saturated carbocycles. The quantitative estimate of drug-likeness (QED) is 0.538. The Bertz CT molecular complexity index is 3.90. The van der Waals surface area contributed by atoms with Crippen LogP contribution in [0.4, 0.5) is 0 Å². The second-order valence-corrected chi connectivity index (χ2v) is 0.500. The molecule has 6 heavy (non-hydrogen) atoms. The maximum Gasteiger partial charge on any atom is 0 e. The van der Waals surface area contributed by atoms with Crippen LogP contribution in [-0.2, 0) is 0 Å². The average molecular weight is 211 g/mol. The van der Waals surface area contributed by atoms with Crippen LogP contribution in [0.5, 0.6) is 0 Å². The van der Waals surface area contributed by atoms with Crippen LogP contribution in [0, 0.1) is 49.4 Å². The van der Waals surface area contributed by atoms with Crippen LogP contribution >= 0.6 is 0 Å².